The van der Waals surface area contributed by atoms with Crippen LogP contribution in [0.5, 0.6) is 0 Å². The average molecular weight is 265 g/mol. The minimum absolute atomic E-state index is 0.151. The maximum absolute atomic E-state index is 12.6. The summed E-state index contributed by atoms with van der Waals surface area (Å²) in [5.41, 5.74) is 6.47. The third-order valence-corrected chi connectivity index (χ3v) is 5.24. The molecule has 2 aliphatic rings. The van der Waals surface area contributed by atoms with Crippen LogP contribution in [0.2, 0.25) is 0 Å². The highest BCUT2D eigenvalue weighted by atomic mass is 32.1. The standard InChI is InChI=1S/C13H19N3OS/c1-8-11(18-13(14)15-8)12(17)16-7-3-5-9-4-2-6-10(9)16/h9-10H,2-7H2,1H3,(H2,14,15). The van der Waals surface area contributed by atoms with Crippen LogP contribution in [0.15, 0.2) is 0 Å². The Hall–Kier alpha value is -1.10. The van der Waals surface area contributed by atoms with Gasteiger partial charge in [0.25, 0.3) is 5.91 Å². The summed E-state index contributed by atoms with van der Waals surface area (Å²) in [6, 6.07) is 0.467. The molecule has 0 aromatic carbocycles. The summed E-state index contributed by atoms with van der Waals surface area (Å²) in [5, 5.41) is 0.496. The monoisotopic (exact) mass is 265 g/mol. The Labute approximate surface area is 111 Å². The van der Waals surface area contributed by atoms with E-state index in [2.05, 4.69) is 9.88 Å². The first-order chi connectivity index (χ1) is 8.66. The van der Waals surface area contributed by atoms with Crippen molar-refractivity contribution in [3.63, 3.8) is 0 Å². The van der Waals surface area contributed by atoms with Gasteiger partial charge in [-0.3, -0.25) is 4.79 Å². The molecule has 1 amide bonds. The molecule has 1 aromatic rings. The largest absolute Gasteiger partial charge is 0.375 e. The van der Waals surface area contributed by atoms with E-state index >= 15 is 0 Å². The van der Waals surface area contributed by atoms with Gasteiger partial charge in [0.1, 0.15) is 4.88 Å². The number of rotatable bonds is 1. The molecule has 2 heterocycles. The molecule has 2 fully saturated rings. The van der Waals surface area contributed by atoms with Crippen molar-refractivity contribution in [2.45, 2.75) is 45.1 Å². The Bertz CT molecular complexity index is 471. The molecule has 4 nitrogen and oxygen atoms in total. The van der Waals surface area contributed by atoms with E-state index in [0.717, 1.165) is 29.5 Å². The fourth-order valence-electron chi connectivity index (χ4n) is 3.45. The van der Waals surface area contributed by atoms with Crippen LogP contribution >= 0.6 is 11.3 Å². The molecule has 1 aliphatic carbocycles. The molecule has 1 saturated heterocycles. The molecule has 3 rings (SSSR count). The number of piperidine rings is 1. The van der Waals surface area contributed by atoms with E-state index in [9.17, 15) is 4.79 Å². The number of hydrogen-bond donors (Lipinski definition) is 1. The molecule has 0 bridgehead atoms. The molecule has 5 heteroatoms. The van der Waals surface area contributed by atoms with Gasteiger partial charge in [-0.2, -0.15) is 0 Å². The molecular weight excluding hydrogens is 246 g/mol. The smallest absolute Gasteiger partial charge is 0.266 e. The van der Waals surface area contributed by atoms with Crippen LogP contribution in [-0.4, -0.2) is 28.4 Å². The fourth-order valence-corrected chi connectivity index (χ4v) is 4.24. The number of nitrogens with two attached hydrogens (primary N) is 1. The van der Waals surface area contributed by atoms with E-state index in [-0.39, 0.29) is 5.91 Å². The zero-order chi connectivity index (χ0) is 12.7. The van der Waals surface area contributed by atoms with Crippen molar-refractivity contribution < 1.29 is 4.79 Å². The molecule has 18 heavy (non-hydrogen) atoms. The molecule has 2 unspecified atom stereocenters. The van der Waals surface area contributed by atoms with Crippen molar-refractivity contribution in [1.29, 1.82) is 0 Å². The molecule has 1 aliphatic heterocycles. The van der Waals surface area contributed by atoms with E-state index < -0.39 is 0 Å². The second-order valence-corrected chi connectivity index (χ2v) is 6.40. The topological polar surface area (TPSA) is 59.2 Å². The summed E-state index contributed by atoms with van der Waals surface area (Å²) in [6.45, 7) is 2.77. The fraction of sp³-hybridized carbons (Fsp3) is 0.692. The van der Waals surface area contributed by atoms with Gasteiger partial charge in [0, 0.05) is 12.6 Å². The minimum Gasteiger partial charge on any atom is -0.375 e. The van der Waals surface area contributed by atoms with Gasteiger partial charge in [0.2, 0.25) is 0 Å². The number of amides is 1. The summed E-state index contributed by atoms with van der Waals surface area (Å²) in [5.74, 6) is 0.881. The van der Waals surface area contributed by atoms with Gasteiger partial charge < -0.3 is 10.6 Å². The highest BCUT2D eigenvalue weighted by Gasteiger charge is 2.38. The van der Waals surface area contributed by atoms with Crippen LogP contribution in [0.3, 0.4) is 0 Å². The lowest BCUT2D eigenvalue weighted by Gasteiger charge is -2.37. The molecule has 0 spiro atoms. The van der Waals surface area contributed by atoms with E-state index in [0.29, 0.717) is 11.2 Å². The summed E-state index contributed by atoms with van der Waals surface area (Å²) < 4.78 is 0. The van der Waals surface area contributed by atoms with Crippen molar-refractivity contribution in [3.8, 4) is 0 Å². The number of nitrogens with zero attached hydrogens (tertiary/aromatic N) is 2. The maximum Gasteiger partial charge on any atom is 0.266 e. The van der Waals surface area contributed by atoms with Gasteiger partial charge in [-0.15, -0.1) is 0 Å². The number of hydrogen-bond acceptors (Lipinski definition) is 4. The lowest BCUT2D eigenvalue weighted by molar-refractivity contribution is 0.0552. The van der Waals surface area contributed by atoms with Gasteiger partial charge in [0.15, 0.2) is 5.13 Å². The first-order valence-electron chi connectivity index (χ1n) is 6.70. The zero-order valence-electron chi connectivity index (χ0n) is 10.7. The molecule has 1 aromatic heterocycles. The van der Waals surface area contributed by atoms with Crippen molar-refractivity contribution in [2.24, 2.45) is 5.92 Å². The second kappa shape index (κ2) is 4.53. The molecule has 2 N–H and O–H groups in total. The van der Waals surface area contributed by atoms with Crippen molar-refractivity contribution >= 4 is 22.4 Å². The third-order valence-electron chi connectivity index (χ3n) is 4.26. The van der Waals surface area contributed by atoms with Crippen LogP contribution in [0, 0.1) is 12.8 Å². The minimum atomic E-state index is 0.151. The average Bonchev–Trinajstić information content (AvgIpc) is 2.94. The number of fused-ring (bicyclic) bond motifs is 1. The quantitative estimate of drug-likeness (QED) is 0.848. The van der Waals surface area contributed by atoms with Crippen molar-refractivity contribution in [3.05, 3.63) is 10.6 Å². The Morgan fingerprint density at radius 1 is 1.39 bits per heavy atom. The molecule has 0 radical (unpaired) electrons. The first kappa shape index (κ1) is 12.0. The summed E-state index contributed by atoms with van der Waals surface area (Å²) in [6.07, 6.45) is 6.16. The van der Waals surface area contributed by atoms with Gasteiger partial charge in [0.05, 0.1) is 5.69 Å². The Balaban J connectivity index is 1.85. The van der Waals surface area contributed by atoms with E-state index in [1.807, 2.05) is 6.92 Å². The number of carbonyl (C=O) groups excluding carboxylic acids is 1. The molecule has 1 saturated carbocycles. The Morgan fingerprint density at radius 2 is 2.17 bits per heavy atom. The number of nitrogen functional groups attached to an aromatic ring is 1. The molecular formula is C13H19N3OS. The maximum atomic E-state index is 12.6. The lowest BCUT2D eigenvalue weighted by atomic mass is 9.92. The Morgan fingerprint density at radius 3 is 2.89 bits per heavy atom. The van der Waals surface area contributed by atoms with Gasteiger partial charge in [-0.1, -0.05) is 17.8 Å². The van der Waals surface area contributed by atoms with Crippen LogP contribution in [-0.2, 0) is 0 Å². The summed E-state index contributed by atoms with van der Waals surface area (Å²) in [4.78, 5) is 19.6. The van der Waals surface area contributed by atoms with Crippen LogP contribution in [0.4, 0.5) is 5.13 Å². The van der Waals surface area contributed by atoms with Crippen molar-refractivity contribution in [2.75, 3.05) is 12.3 Å². The van der Waals surface area contributed by atoms with Crippen molar-refractivity contribution in [1.82, 2.24) is 9.88 Å². The van der Waals surface area contributed by atoms with Gasteiger partial charge >= 0.3 is 0 Å². The lowest BCUT2D eigenvalue weighted by Crippen LogP contribution is -2.46. The second-order valence-electron chi connectivity index (χ2n) is 5.37. The number of aromatic nitrogens is 1. The number of carbonyl (C=O) groups is 1. The normalized spacial score (nSPS) is 27.3. The zero-order valence-corrected chi connectivity index (χ0v) is 11.5. The number of likely N-dealkylation sites (tertiary alicyclic amines) is 1. The van der Waals surface area contributed by atoms with E-state index in [4.69, 9.17) is 5.73 Å². The number of anilines is 1. The number of thiazole rings is 1. The highest BCUT2D eigenvalue weighted by molar-refractivity contribution is 7.17. The predicted molar refractivity (Wildman–Crippen MR) is 72.7 cm³/mol. The van der Waals surface area contributed by atoms with E-state index in [1.54, 1.807) is 0 Å². The summed E-state index contributed by atoms with van der Waals surface area (Å²) in [7, 11) is 0. The van der Waals surface area contributed by atoms with Crippen LogP contribution < -0.4 is 5.73 Å². The predicted octanol–water partition coefficient (Wildman–Crippen LogP) is 2.44. The third kappa shape index (κ3) is 1.90. The van der Waals surface area contributed by atoms with Crippen LogP contribution in [0.25, 0.3) is 0 Å². The molecule has 98 valence electrons. The molecule has 2 atom stereocenters. The number of aryl methyl sites for hydroxylation is 1. The first-order valence-corrected chi connectivity index (χ1v) is 7.52. The Kier molecular flexibility index (Phi) is 3.01. The van der Waals surface area contributed by atoms with Gasteiger partial charge in [-0.25, -0.2) is 4.98 Å². The SMILES string of the molecule is Cc1nc(N)sc1C(=O)N1CCCC2CCCC21. The van der Waals surface area contributed by atoms with E-state index in [1.165, 1.54) is 37.0 Å². The van der Waals surface area contributed by atoms with Crippen LogP contribution in [0.1, 0.15) is 47.5 Å². The highest BCUT2D eigenvalue weighted by Crippen LogP contribution is 2.38. The van der Waals surface area contributed by atoms with Gasteiger partial charge in [-0.05, 0) is 38.5 Å². The summed E-state index contributed by atoms with van der Waals surface area (Å²) >= 11 is 1.33.